The lowest BCUT2D eigenvalue weighted by atomic mass is 10.1. The van der Waals surface area contributed by atoms with E-state index in [0.717, 1.165) is 36.6 Å². The van der Waals surface area contributed by atoms with Crippen LogP contribution >= 0.6 is 0 Å². The molecule has 0 unspecified atom stereocenters. The second kappa shape index (κ2) is 7.36. The Balaban J connectivity index is 2.77. The molecule has 0 saturated carbocycles. The van der Waals surface area contributed by atoms with Crippen LogP contribution < -0.4 is 14.8 Å². The molecule has 0 aliphatic carbocycles. The third kappa shape index (κ3) is 5.94. The molecule has 2 N–H and O–H groups in total. The zero-order chi connectivity index (χ0) is 14.3. The van der Waals surface area contributed by atoms with E-state index >= 15 is 0 Å². The van der Waals surface area contributed by atoms with Crippen LogP contribution in [0.15, 0.2) is 18.2 Å². The number of nitrogens with one attached hydrogen (secondary N) is 1. The van der Waals surface area contributed by atoms with Crippen molar-refractivity contribution in [3.8, 4) is 11.5 Å². The molecule has 0 radical (unpaired) electrons. The maximum absolute atomic E-state index is 9.74. The van der Waals surface area contributed by atoms with Gasteiger partial charge in [0.05, 0.1) is 12.7 Å². The topological polar surface area (TPSA) is 50.7 Å². The molecule has 0 aliphatic rings. The molecule has 0 heterocycles. The predicted octanol–water partition coefficient (Wildman–Crippen LogP) is 2.34. The van der Waals surface area contributed by atoms with Crippen molar-refractivity contribution in [3.05, 3.63) is 23.8 Å². The SMILES string of the molecule is CCCNCc1ccc(OC)cc1OCC(C)(C)O. The maximum Gasteiger partial charge on any atom is 0.127 e. The first-order valence-corrected chi connectivity index (χ1v) is 6.69. The minimum atomic E-state index is -0.850. The molecule has 0 aromatic heterocycles. The molecule has 0 bridgehead atoms. The summed E-state index contributed by atoms with van der Waals surface area (Å²) in [7, 11) is 1.63. The molecule has 0 aliphatic heterocycles. The van der Waals surface area contributed by atoms with Gasteiger partial charge in [0.15, 0.2) is 0 Å². The zero-order valence-corrected chi connectivity index (χ0v) is 12.3. The Bertz CT molecular complexity index is 385. The lowest BCUT2D eigenvalue weighted by Crippen LogP contribution is -2.28. The Morgan fingerprint density at radius 1 is 1.32 bits per heavy atom. The minimum absolute atomic E-state index is 0.251. The van der Waals surface area contributed by atoms with Gasteiger partial charge >= 0.3 is 0 Å². The second-order valence-corrected chi connectivity index (χ2v) is 5.25. The summed E-state index contributed by atoms with van der Waals surface area (Å²) in [5, 5.41) is 13.1. The highest BCUT2D eigenvalue weighted by Crippen LogP contribution is 2.25. The van der Waals surface area contributed by atoms with E-state index in [-0.39, 0.29) is 6.61 Å². The maximum atomic E-state index is 9.74. The lowest BCUT2D eigenvalue weighted by molar-refractivity contribution is 0.0280. The minimum Gasteiger partial charge on any atom is -0.497 e. The Hall–Kier alpha value is -1.26. The molecular formula is C15H25NO3. The highest BCUT2D eigenvalue weighted by atomic mass is 16.5. The first-order chi connectivity index (χ1) is 8.96. The average Bonchev–Trinajstić information content (AvgIpc) is 2.36. The van der Waals surface area contributed by atoms with Gasteiger partial charge < -0.3 is 19.9 Å². The highest BCUT2D eigenvalue weighted by molar-refractivity contribution is 5.40. The smallest absolute Gasteiger partial charge is 0.127 e. The van der Waals surface area contributed by atoms with Crippen LogP contribution in [0.25, 0.3) is 0 Å². The largest absolute Gasteiger partial charge is 0.497 e. The summed E-state index contributed by atoms with van der Waals surface area (Å²) in [5.41, 5.74) is 0.218. The molecule has 1 aromatic rings. The first-order valence-electron chi connectivity index (χ1n) is 6.69. The van der Waals surface area contributed by atoms with Gasteiger partial charge in [-0.3, -0.25) is 0 Å². The molecule has 0 amide bonds. The van der Waals surface area contributed by atoms with Gasteiger partial charge in [-0.1, -0.05) is 13.0 Å². The number of hydrogen-bond donors (Lipinski definition) is 2. The fourth-order valence-corrected chi connectivity index (χ4v) is 1.60. The number of benzene rings is 1. The monoisotopic (exact) mass is 267 g/mol. The molecule has 0 atom stereocenters. The van der Waals surface area contributed by atoms with Crippen molar-refractivity contribution in [2.75, 3.05) is 20.3 Å². The van der Waals surface area contributed by atoms with Crippen molar-refractivity contribution in [2.45, 2.75) is 39.3 Å². The highest BCUT2D eigenvalue weighted by Gasteiger charge is 2.15. The number of hydrogen-bond acceptors (Lipinski definition) is 4. The molecular weight excluding hydrogens is 242 g/mol. The van der Waals surface area contributed by atoms with Gasteiger partial charge in [-0.15, -0.1) is 0 Å². The Morgan fingerprint density at radius 3 is 2.63 bits per heavy atom. The van der Waals surface area contributed by atoms with Gasteiger partial charge in [-0.2, -0.15) is 0 Å². The summed E-state index contributed by atoms with van der Waals surface area (Å²) in [6, 6.07) is 5.76. The Morgan fingerprint density at radius 2 is 2.05 bits per heavy atom. The predicted molar refractivity (Wildman–Crippen MR) is 76.8 cm³/mol. The second-order valence-electron chi connectivity index (χ2n) is 5.25. The van der Waals surface area contributed by atoms with Crippen molar-refractivity contribution in [3.63, 3.8) is 0 Å². The number of aliphatic hydroxyl groups is 1. The molecule has 0 fully saturated rings. The van der Waals surface area contributed by atoms with Crippen LogP contribution in [0.4, 0.5) is 0 Å². The standard InChI is InChI=1S/C15H25NO3/c1-5-8-16-10-12-6-7-13(18-4)9-14(12)19-11-15(2,3)17/h6-7,9,16-17H,5,8,10-11H2,1-4H3. The van der Waals surface area contributed by atoms with Crippen LogP contribution in [0.1, 0.15) is 32.8 Å². The Kier molecular flexibility index (Phi) is 6.12. The van der Waals surface area contributed by atoms with E-state index in [1.54, 1.807) is 21.0 Å². The molecule has 0 saturated heterocycles. The molecule has 0 spiro atoms. The zero-order valence-electron chi connectivity index (χ0n) is 12.3. The summed E-state index contributed by atoms with van der Waals surface area (Å²) >= 11 is 0. The van der Waals surface area contributed by atoms with Crippen LogP contribution in [-0.4, -0.2) is 31.0 Å². The third-order valence-electron chi connectivity index (χ3n) is 2.60. The van der Waals surface area contributed by atoms with Crippen molar-refractivity contribution >= 4 is 0 Å². The quantitative estimate of drug-likeness (QED) is 0.710. The summed E-state index contributed by atoms with van der Waals surface area (Å²) < 4.78 is 10.9. The Labute approximate surface area is 115 Å². The van der Waals surface area contributed by atoms with Gasteiger partial charge in [-0.05, 0) is 32.9 Å². The van der Waals surface area contributed by atoms with E-state index in [1.165, 1.54) is 0 Å². The van der Waals surface area contributed by atoms with Gasteiger partial charge in [0.2, 0.25) is 0 Å². The summed E-state index contributed by atoms with van der Waals surface area (Å²) in [6.45, 7) is 7.55. The van der Waals surface area contributed by atoms with Crippen LogP contribution in [0.3, 0.4) is 0 Å². The van der Waals surface area contributed by atoms with E-state index < -0.39 is 5.60 Å². The van der Waals surface area contributed by atoms with E-state index in [4.69, 9.17) is 9.47 Å². The summed E-state index contributed by atoms with van der Waals surface area (Å²) in [6.07, 6.45) is 1.09. The first kappa shape index (κ1) is 15.8. The fraction of sp³-hybridized carbons (Fsp3) is 0.600. The average molecular weight is 267 g/mol. The van der Waals surface area contributed by atoms with Gasteiger partial charge in [0.25, 0.3) is 0 Å². The molecule has 19 heavy (non-hydrogen) atoms. The molecule has 4 heteroatoms. The van der Waals surface area contributed by atoms with Crippen molar-refractivity contribution < 1.29 is 14.6 Å². The molecule has 1 aromatic carbocycles. The van der Waals surface area contributed by atoms with Crippen LogP contribution in [0, 0.1) is 0 Å². The summed E-state index contributed by atoms with van der Waals surface area (Å²) in [5.74, 6) is 1.51. The van der Waals surface area contributed by atoms with Crippen molar-refractivity contribution in [1.29, 1.82) is 0 Å². The van der Waals surface area contributed by atoms with Crippen molar-refractivity contribution in [2.24, 2.45) is 0 Å². The normalized spacial score (nSPS) is 11.4. The number of ether oxygens (including phenoxy) is 2. The van der Waals surface area contributed by atoms with Gasteiger partial charge in [-0.25, -0.2) is 0 Å². The van der Waals surface area contributed by atoms with Crippen LogP contribution in [-0.2, 0) is 6.54 Å². The van der Waals surface area contributed by atoms with E-state index in [0.29, 0.717) is 0 Å². The molecule has 108 valence electrons. The van der Waals surface area contributed by atoms with E-state index in [2.05, 4.69) is 12.2 Å². The number of methoxy groups -OCH3 is 1. The van der Waals surface area contributed by atoms with E-state index in [9.17, 15) is 5.11 Å². The third-order valence-corrected chi connectivity index (χ3v) is 2.60. The lowest BCUT2D eigenvalue weighted by Gasteiger charge is -2.20. The van der Waals surface area contributed by atoms with E-state index in [1.807, 2.05) is 18.2 Å². The number of rotatable bonds is 8. The van der Waals surface area contributed by atoms with Gasteiger partial charge in [0, 0.05) is 18.2 Å². The summed E-state index contributed by atoms with van der Waals surface area (Å²) in [4.78, 5) is 0. The molecule has 4 nitrogen and oxygen atoms in total. The molecule has 1 rings (SSSR count). The van der Waals surface area contributed by atoms with Crippen molar-refractivity contribution in [1.82, 2.24) is 5.32 Å². The fourth-order valence-electron chi connectivity index (χ4n) is 1.60. The van der Waals surface area contributed by atoms with Crippen LogP contribution in [0.2, 0.25) is 0 Å². The van der Waals surface area contributed by atoms with Crippen LogP contribution in [0.5, 0.6) is 11.5 Å². The van der Waals surface area contributed by atoms with Gasteiger partial charge in [0.1, 0.15) is 18.1 Å².